The number of rotatable bonds is 2. The number of hydrogen-bond acceptors (Lipinski definition) is 3. The molecule has 0 bridgehead atoms. The molecule has 1 aromatic carbocycles. The van der Waals surface area contributed by atoms with Gasteiger partial charge in [0.1, 0.15) is 0 Å². The fourth-order valence-electron chi connectivity index (χ4n) is 1.21. The summed E-state index contributed by atoms with van der Waals surface area (Å²) in [7, 11) is 0. The normalized spacial score (nSPS) is 9.93. The van der Waals surface area contributed by atoms with E-state index in [1.54, 1.807) is 12.4 Å². The molecule has 0 aliphatic rings. The lowest BCUT2D eigenvalue weighted by Gasteiger charge is -2.08. The minimum Gasteiger partial charge on any atom is -0.396 e. The highest BCUT2D eigenvalue weighted by Crippen LogP contribution is 2.22. The van der Waals surface area contributed by atoms with Crippen molar-refractivity contribution in [3.8, 4) is 0 Å². The second-order valence-corrected chi connectivity index (χ2v) is 3.53. The molecule has 15 heavy (non-hydrogen) atoms. The Morgan fingerprint density at radius 1 is 1.13 bits per heavy atom. The lowest BCUT2D eigenvalue weighted by molar-refractivity contribution is 1.33. The highest BCUT2D eigenvalue weighted by atomic mass is 35.5. The third-order valence-electron chi connectivity index (χ3n) is 1.98. The molecule has 1 heterocycles. The number of benzene rings is 1. The van der Waals surface area contributed by atoms with Crippen LogP contribution in [0.25, 0.3) is 0 Å². The van der Waals surface area contributed by atoms with E-state index in [-0.39, 0.29) is 0 Å². The van der Waals surface area contributed by atoms with Gasteiger partial charge in [-0.05, 0) is 30.3 Å². The Balaban J connectivity index is 2.22. The molecule has 0 saturated carbocycles. The van der Waals surface area contributed by atoms with Gasteiger partial charge in [-0.25, -0.2) is 0 Å². The van der Waals surface area contributed by atoms with E-state index in [1.165, 1.54) is 0 Å². The first-order valence-corrected chi connectivity index (χ1v) is 4.85. The maximum absolute atomic E-state index is 5.78. The zero-order valence-corrected chi connectivity index (χ0v) is 8.70. The number of nitrogens with two attached hydrogens (primary N) is 1. The lowest BCUT2D eigenvalue weighted by atomic mass is 10.3. The minimum absolute atomic E-state index is 0.618. The molecule has 0 unspecified atom stereocenters. The SMILES string of the molecule is Nc1cnccc1Nc1ccc(Cl)cc1. The second kappa shape index (κ2) is 4.19. The van der Waals surface area contributed by atoms with E-state index in [0.717, 1.165) is 11.4 Å². The molecule has 0 atom stereocenters. The van der Waals surface area contributed by atoms with Gasteiger partial charge < -0.3 is 11.1 Å². The predicted octanol–water partition coefficient (Wildman–Crippen LogP) is 3.06. The quantitative estimate of drug-likeness (QED) is 0.816. The van der Waals surface area contributed by atoms with Crippen molar-refractivity contribution in [1.82, 2.24) is 4.98 Å². The smallest absolute Gasteiger partial charge is 0.0739 e. The van der Waals surface area contributed by atoms with Crippen LogP contribution in [0.1, 0.15) is 0 Å². The summed E-state index contributed by atoms with van der Waals surface area (Å²) >= 11 is 5.78. The van der Waals surface area contributed by atoms with Crippen LogP contribution in [0, 0.1) is 0 Å². The van der Waals surface area contributed by atoms with Gasteiger partial charge >= 0.3 is 0 Å². The van der Waals surface area contributed by atoms with Gasteiger partial charge in [0.05, 0.1) is 17.6 Å². The fourth-order valence-corrected chi connectivity index (χ4v) is 1.34. The van der Waals surface area contributed by atoms with Crippen molar-refractivity contribution < 1.29 is 0 Å². The number of nitrogens with zero attached hydrogens (tertiary/aromatic N) is 1. The topological polar surface area (TPSA) is 50.9 Å². The van der Waals surface area contributed by atoms with Crippen molar-refractivity contribution in [3.05, 3.63) is 47.7 Å². The van der Waals surface area contributed by atoms with Gasteiger partial charge in [-0.2, -0.15) is 0 Å². The maximum atomic E-state index is 5.78. The van der Waals surface area contributed by atoms with E-state index < -0.39 is 0 Å². The summed E-state index contributed by atoms with van der Waals surface area (Å²) in [5.74, 6) is 0. The Kier molecular flexibility index (Phi) is 2.74. The van der Waals surface area contributed by atoms with Gasteiger partial charge in [-0.15, -0.1) is 0 Å². The second-order valence-electron chi connectivity index (χ2n) is 3.09. The van der Waals surface area contributed by atoms with E-state index in [2.05, 4.69) is 10.3 Å². The lowest BCUT2D eigenvalue weighted by Crippen LogP contribution is -1.96. The van der Waals surface area contributed by atoms with Crippen LogP contribution in [0.2, 0.25) is 5.02 Å². The largest absolute Gasteiger partial charge is 0.396 e. The molecule has 0 amide bonds. The molecule has 0 spiro atoms. The first-order valence-electron chi connectivity index (χ1n) is 4.48. The molecular weight excluding hydrogens is 210 g/mol. The molecule has 3 N–H and O–H groups in total. The molecule has 0 aliphatic carbocycles. The number of anilines is 3. The molecule has 4 heteroatoms. The fraction of sp³-hybridized carbons (Fsp3) is 0. The van der Waals surface area contributed by atoms with E-state index in [4.69, 9.17) is 17.3 Å². The van der Waals surface area contributed by atoms with E-state index in [9.17, 15) is 0 Å². The highest BCUT2D eigenvalue weighted by Gasteiger charge is 1.98. The summed E-state index contributed by atoms with van der Waals surface area (Å²) in [4.78, 5) is 3.91. The number of pyridine rings is 1. The standard InChI is InChI=1S/C11H10ClN3/c12-8-1-3-9(4-2-8)15-11-5-6-14-7-10(11)13/h1-7H,13H2,(H,14,15). The average molecular weight is 220 g/mol. The van der Waals surface area contributed by atoms with Gasteiger partial charge in [0, 0.05) is 16.9 Å². The van der Waals surface area contributed by atoms with Crippen LogP contribution in [0.5, 0.6) is 0 Å². The molecule has 0 fully saturated rings. The molecule has 76 valence electrons. The van der Waals surface area contributed by atoms with Crippen molar-refractivity contribution in [1.29, 1.82) is 0 Å². The van der Waals surface area contributed by atoms with Crippen molar-refractivity contribution in [2.45, 2.75) is 0 Å². The molecule has 2 aromatic rings. The van der Waals surface area contributed by atoms with Crippen LogP contribution in [-0.2, 0) is 0 Å². The van der Waals surface area contributed by atoms with E-state index >= 15 is 0 Å². The van der Waals surface area contributed by atoms with Gasteiger partial charge in [-0.1, -0.05) is 11.6 Å². The molecule has 3 nitrogen and oxygen atoms in total. The van der Waals surface area contributed by atoms with Crippen LogP contribution < -0.4 is 11.1 Å². The zero-order chi connectivity index (χ0) is 10.7. The zero-order valence-electron chi connectivity index (χ0n) is 7.94. The summed E-state index contributed by atoms with van der Waals surface area (Å²) in [5.41, 5.74) is 8.15. The Labute approximate surface area is 92.9 Å². The van der Waals surface area contributed by atoms with Crippen LogP contribution >= 0.6 is 11.6 Å². The highest BCUT2D eigenvalue weighted by molar-refractivity contribution is 6.30. The summed E-state index contributed by atoms with van der Waals surface area (Å²) in [6.07, 6.45) is 3.30. The average Bonchev–Trinajstić information content (AvgIpc) is 2.25. The molecule has 0 aliphatic heterocycles. The molecule has 1 aromatic heterocycles. The first-order chi connectivity index (χ1) is 7.25. The molecule has 0 radical (unpaired) electrons. The van der Waals surface area contributed by atoms with Crippen LogP contribution in [-0.4, -0.2) is 4.98 Å². The number of nitrogen functional groups attached to an aromatic ring is 1. The number of hydrogen-bond donors (Lipinski definition) is 2. The summed E-state index contributed by atoms with van der Waals surface area (Å²) < 4.78 is 0. The Morgan fingerprint density at radius 3 is 2.53 bits per heavy atom. The third kappa shape index (κ3) is 2.39. The van der Waals surface area contributed by atoms with Crippen LogP contribution in [0.4, 0.5) is 17.1 Å². The summed E-state index contributed by atoms with van der Waals surface area (Å²) in [5, 5.41) is 3.89. The Hall–Kier alpha value is -1.74. The number of halogens is 1. The van der Waals surface area contributed by atoms with Crippen molar-refractivity contribution >= 4 is 28.7 Å². The van der Waals surface area contributed by atoms with Gasteiger partial charge in [0.2, 0.25) is 0 Å². The van der Waals surface area contributed by atoms with Crippen molar-refractivity contribution in [2.24, 2.45) is 0 Å². The Bertz CT molecular complexity index is 454. The van der Waals surface area contributed by atoms with Gasteiger partial charge in [0.15, 0.2) is 0 Å². The van der Waals surface area contributed by atoms with Gasteiger partial charge in [0.25, 0.3) is 0 Å². The molecular formula is C11H10ClN3. The summed E-state index contributed by atoms with van der Waals surface area (Å²) in [6, 6.07) is 9.25. The van der Waals surface area contributed by atoms with Gasteiger partial charge in [-0.3, -0.25) is 4.98 Å². The van der Waals surface area contributed by atoms with Crippen LogP contribution in [0.3, 0.4) is 0 Å². The summed E-state index contributed by atoms with van der Waals surface area (Å²) in [6.45, 7) is 0. The number of aromatic nitrogens is 1. The monoisotopic (exact) mass is 219 g/mol. The molecule has 2 rings (SSSR count). The molecule has 0 saturated heterocycles. The minimum atomic E-state index is 0.618. The van der Waals surface area contributed by atoms with E-state index in [0.29, 0.717) is 10.7 Å². The predicted molar refractivity (Wildman–Crippen MR) is 63.4 cm³/mol. The van der Waals surface area contributed by atoms with Crippen LogP contribution in [0.15, 0.2) is 42.7 Å². The van der Waals surface area contributed by atoms with Crippen molar-refractivity contribution in [3.63, 3.8) is 0 Å². The number of nitrogens with one attached hydrogen (secondary N) is 1. The van der Waals surface area contributed by atoms with Crippen molar-refractivity contribution in [2.75, 3.05) is 11.1 Å². The maximum Gasteiger partial charge on any atom is 0.0739 e. The Morgan fingerprint density at radius 2 is 1.87 bits per heavy atom. The van der Waals surface area contributed by atoms with E-state index in [1.807, 2.05) is 30.3 Å². The first kappa shape index (κ1) is 9.80. The third-order valence-corrected chi connectivity index (χ3v) is 2.23.